The second-order valence-corrected chi connectivity index (χ2v) is 4.11. The van der Waals surface area contributed by atoms with Crippen molar-refractivity contribution in [3.8, 4) is 5.75 Å². The third kappa shape index (κ3) is 6.37. The Kier molecular flexibility index (Phi) is 6.12. The molecular weight excluding hydrogens is 285 g/mol. The molecule has 1 aromatic rings. The minimum atomic E-state index is -1.49. The summed E-state index contributed by atoms with van der Waals surface area (Å²) in [5, 5.41) is 19.4. The molecule has 0 heterocycles. The van der Waals surface area contributed by atoms with Crippen molar-refractivity contribution in [2.45, 2.75) is 18.9 Å². The summed E-state index contributed by atoms with van der Waals surface area (Å²) in [6.45, 7) is -0.0448. The highest BCUT2D eigenvalue weighted by Gasteiger charge is 2.22. The van der Waals surface area contributed by atoms with Gasteiger partial charge in [0.25, 0.3) is 0 Å². The lowest BCUT2D eigenvalue weighted by atomic mass is 10.2. The number of rotatable bonds is 8. The number of benzene rings is 1. The van der Waals surface area contributed by atoms with Gasteiger partial charge in [0, 0.05) is 0 Å². The van der Waals surface area contributed by atoms with Crippen LogP contribution in [0.5, 0.6) is 5.75 Å². The van der Waals surface area contributed by atoms with Crippen LogP contribution in [0.25, 0.3) is 0 Å². The standard InChI is InChI=1S/C13H14FNO6/c14-8-1-3-9(4-2-8)21-6-5-11(16)15-10(13(19)20)7-12(17)18/h1-4,10H,5-7H2,(H,15,16)(H,17,18)(H,19,20)/t10-/m0/s1. The molecule has 0 saturated heterocycles. The highest BCUT2D eigenvalue weighted by atomic mass is 19.1. The number of halogens is 1. The third-order valence-corrected chi connectivity index (χ3v) is 2.42. The van der Waals surface area contributed by atoms with E-state index in [2.05, 4.69) is 5.32 Å². The van der Waals surface area contributed by atoms with Crippen LogP contribution in [-0.4, -0.2) is 40.7 Å². The summed E-state index contributed by atoms with van der Waals surface area (Å²) in [4.78, 5) is 32.7. The molecule has 114 valence electrons. The molecule has 0 saturated carbocycles. The van der Waals surface area contributed by atoms with E-state index in [0.29, 0.717) is 5.75 Å². The Hall–Kier alpha value is -2.64. The lowest BCUT2D eigenvalue weighted by molar-refractivity contribution is -0.147. The van der Waals surface area contributed by atoms with Crippen molar-refractivity contribution < 1.29 is 33.7 Å². The smallest absolute Gasteiger partial charge is 0.326 e. The fraction of sp³-hybridized carbons (Fsp3) is 0.308. The zero-order chi connectivity index (χ0) is 15.8. The van der Waals surface area contributed by atoms with E-state index in [1.807, 2.05) is 0 Å². The van der Waals surface area contributed by atoms with Gasteiger partial charge in [-0.05, 0) is 24.3 Å². The molecule has 0 bridgehead atoms. The molecule has 0 aliphatic rings. The van der Waals surface area contributed by atoms with E-state index in [0.717, 1.165) is 0 Å². The molecule has 1 rings (SSSR count). The van der Waals surface area contributed by atoms with E-state index in [1.54, 1.807) is 0 Å². The van der Waals surface area contributed by atoms with E-state index in [9.17, 15) is 18.8 Å². The van der Waals surface area contributed by atoms with Gasteiger partial charge < -0.3 is 20.3 Å². The van der Waals surface area contributed by atoms with Gasteiger partial charge in [0.15, 0.2) is 0 Å². The van der Waals surface area contributed by atoms with E-state index in [-0.39, 0.29) is 13.0 Å². The Balaban J connectivity index is 2.37. The van der Waals surface area contributed by atoms with Gasteiger partial charge in [0.05, 0.1) is 19.4 Å². The van der Waals surface area contributed by atoms with Crippen molar-refractivity contribution in [1.82, 2.24) is 5.32 Å². The van der Waals surface area contributed by atoms with Crippen LogP contribution in [0.3, 0.4) is 0 Å². The Morgan fingerprint density at radius 2 is 1.81 bits per heavy atom. The fourth-order valence-electron chi connectivity index (χ4n) is 1.43. The first kappa shape index (κ1) is 16.4. The molecule has 0 fully saturated rings. The minimum Gasteiger partial charge on any atom is -0.493 e. The number of hydrogen-bond donors (Lipinski definition) is 3. The number of amides is 1. The second-order valence-electron chi connectivity index (χ2n) is 4.11. The topological polar surface area (TPSA) is 113 Å². The van der Waals surface area contributed by atoms with Crippen molar-refractivity contribution in [3.63, 3.8) is 0 Å². The van der Waals surface area contributed by atoms with Crippen LogP contribution >= 0.6 is 0 Å². The minimum absolute atomic E-state index is 0.0448. The Bertz CT molecular complexity index is 516. The van der Waals surface area contributed by atoms with Crippen LogP contribution < -0.4 is 10.1 Å². The van der Waals surface area contributed by atoms with Gasteiger partial charge in [-0.2, -0.15) is 0 Å². The van der Waals surface area contributed by atoms with Crippen LogP contribution in [0.15, 0.2) is 24.3 Å². The normalized spacial score (nSPS) is 11.5. The van der Waals surface area contributed by atoms with E-state index < -0.39 is 36.1 Å². The number of carbonyl (C=O) groups is 3. The predicted molar refractivity (Wildman–Crippen MR) is 68.3 cm³/mol. The Labute approximate surface area is 119 Å². The first-order valence-corrected chi connectivity index (χ1v) is 6.01. The highest BCUT2D eigenvalue weighted by molar-refractivity contribution is 5.86. The number of carboxylic acids is 2. The van der Waals surface area contributed by atoms with Gasteiger partial charge in [-0.3, -0.25) is 9.59 Å². The maximum absolute atomic E-state index is 12.6. The molecule has 0 aliphatic carbocycles. The summed E-state index contributed by atoms with van der Waals surface area (Å²) < 4.78 is 17.8. The van der Waals surface area contributed by atoms with Crippen molar-refractivity contribution >= 4 is 17.8 Å². The zero-order valence-corrected chi connectivity index (χ0v) is 10.9. The van der Waals surface area contributed by atoms with E-state index in [1.165, 1.54) is 24.3 Å². The zero-order valence-electron chi connectivity index (χ0n) is 10.9. The van der Waals surface area contributed by atoms with Crippen molar-refractivity contribution in [2.24, 2.45) is 0 Å². The summed E-state index contributed by atoms with van der Waals surface area (Å²) in [7, 11) is 0. The van der Waals surface area contributed by atoms with Crippen LogP contribution in [0, 0.1) is 5.82 Å². The van der Waals surface area contributed by atoms with Gasteiger partial charge in [0.2, 0.25) is 5.91 Å². The average Bonchev–Trinajstić information content (AvgIpc) is 2.39. The fourth-order valence-corrected chi connectivity index (χ4v) is 1.43. The molecule has 8 heteroatoms. The van der Waals surface area contributed by atoms with Crippen LogP contribution in [0.1, 0.15) is 12.8 Å². The average molecular weight is 299 g/mol. The van der Waals surface area contributed by atoms with Crippen LogP contribution in [0.4, 0.5) is 4.39 Å². The molecule has 0 unspecified atom stereocenters. The van der Waals surface area contributed by atoms with Crippen LogP contribution in [0.2, 0.25) is 0 Å². The number of aliphatic carboxylic acids is 2. The molecule has 0 spiro atoms. The number of carbonyl (C=O) groups excluding carboxylic acids is 1. The Morgan fingerprint density at radius 3 is 2.33 bits per heavy atom. The second kappa shape index (κ2) is 7.83. The SMILES string of the molecule is O=C(O)C[C@H](NC(=O)CCOc1ccc(F)cc1)C(=O)O. The van der Waals surface area contributed by atoms with Crippen LogP contribution in [-0.2, 0) is 14.4 Å². The maximum Gasteiger partial charge on any atom is 0.326 e. The summed E-state index contributed by atoms with van der Waals surface area (Å²) in [6, 6.07) is 3.68. The highest BCUT2D eigenvalue weighted by Crippen LogP contribution is 2.11. The first-order chi connectivity index (χ1) is 9.88. The number of ether oxygens (including phenoxy) is 1. The monoisotopic (exact) mass is 299 g/mol. The molecule has 7 nitrogen and oxygen atoms in total. The summed E-state index contributed by atoms with van der Waals surface area (Å²) in [5.74, 6) is -3.45. The van der Waals surface area contributed by atoms with Gasteiger partial charge >= 0.3 is 11.9 Å². The molecule has 0 aliphatic heterocycles. The van der Waals surface area contributed by atoms with E-state index in [4.69, 9.17) is 14.9 Å². The number of nitrogens with one attached hydrogen (secondary N) is 1. The predicted octanol–water partition coefficient (Wildman–Crippen LogP) is 0.639. The van der Waals surface area contributed by atoms with Gasteiger partial charge in [-0.25, -0.2) is 9.18 Å². The number of hydrogen-bond acceptors (Lipinski definition) is 4. The molecule has 3 N–H and O–H groups in total. The molecular formula is C13H14FNO6. The molecule has 1 atom stereocenters. The quantitative estimate of drug-likeness (QED) is 0.649. The maximum atomic E-state index is 12.6. The largest absolute Gasteiger partial charge is 0.493 e. The lowest BCUT2D eigenvalue weighted by Gasteiger charge is -2.12. The summed E-state index contributed by atoms with van der Waals surface area (Å²) in [5.41, 5.74) is 0. The summed E-state index contributed by atoms with van der Waals surface area (Å²) in [6.07, 6.45) is -0.860. The molecule has 1 amide bonds. The summed E-state index contributed by atoms with van der Waals surface area (Å²) >= 11 is 0. The van der Waals surface area contributed by atoms with Crippen molar-refractivity contribution in [3.05, 3.63) is 30.1 Å². The first-order valence-electron chi connectivity index (χ1n) is 6.01. The molecule has 0 aromatic heterocycles. The van der Waals surface area contributed by atoms with Crippen molar-refractivity contribution in [1.29, 1.82) is 0 Å². The molecule has 0 radical (unpaired) electrons. The molecule has 1 aromatic carbocycles. The van der Waals surface area contributed by atoms with Crippen molar-refractivity contribution in [2.75, 3.05) is 6.61 Å². The Morgan fingerprint density at radius 1 is 1.19 bits per heavy atom. The van der Waals surface area contributed by atoms with Gasteiger partial charge in [-0.1, -0.05) is 0 Å². The lowest BCUT2D eigenvalue weighted by Crippen LogP contribution is -2.42. The third-order valence-electron chi connectivity index (χ3n) is 2.42. The van der Waals surface area contributed by atoms with E-state index >= 15 is 0 Å². The number of carboxylic acid groups (broad SMARTS) is 2. The van der Waals surface area contributed by atoms with Gasteiger partial charge in [0.1, 0.15) is 17.6 Å². The molecule has 21 heavy (non-hydrogen) atoms. The van der Waals surface area contributed by atoms with Gasteiger partial charge in [-0.15, -0.1) is 0 Å².